The lowest BCUT2D eigenvalue weighted by Gasteiger charge is -2.35. The molecular weight excluding hydrogens is 336 g/mol. The van der Waals surface area contributed by atoms with Crippen LogP contribution in [0.2, 0.25) is 5.02 Å². The Hall–Kier alpha value is -2.05. The van der Waals surface area contributed by atoms with Crippen molar-refractivity contribution in [2.24, 2.45) is 0 Å². The summed E-state index contributed by atoms with van der Waals surface area (Å²) in [6.07, 6.45) is 1.38. The fraction of sp³-hybridized carbons (Fsp3) is 0.412. The topological polar surface area (TPSA) is 93.1 Å². The predicted molar refractivity (Wildman–Crippen MR) is 88.1 cm³/mol. The van der Waals surface area contributed by atoms with E-state index in [4.69, 9.17) is 21.1 Å². The van der Waals surface area contributed by atoms with E-state index in [0.29, 0.717) is 5.56 Å². The number of aliphatic hydroxyl groups excluding tert-OH is 1. The van der Waals surface area contributed by atoms with Crippen LogP contribution in [0, 0.1) is 0 Å². The third-order valence-electron chi connectivity index (χ3n) is 4.07. The first kappa shape index (κ1) is 18.3. The van der Waals surface area contributed by atoms with Gasteiger partial charge in [-0.1, -0.05) is 23.7 Å². The summed E-state index contributed by atoms with van der Waals surface area (Å²) in [6, 6.07) is 4.69. The Bertz CT molecular complexity index is 661. The summed E-state index contributed by atoms with van der Waals surface area (Å²) in [5.41, 5.74) is -0.775. The van der Waals surface area contributed by atoms with Gasteiger partial charge in [0.25, 0.3) is 0 Å². The molecule has 0 spiro atoms. The van der Waals surface area contributed by atoms with Crippen molar-refractivity contribution < 1.29 is 29.3 Å². The molecule has 0 saturated carbocycles. The van der Waals surface area contributed by atoms with Crippen LogP contribution >= 0.6 is 11.6 Å². The molecule has 6 nitrogen and oxygen atoms in total. The first-order valence-corrected chi connectivity index (χ1v) is 7.98. The molecule has 0 atom stereocenters. The number of carbonyl (C=O) groups excluding carboxylic acids is 1. The first-order valence-electron chi connectivity index (χ1n) is 7.60. The van der Waals surface area contributed by atoms with Crippen molar-refractivity contribution >= 4 is 29.3 Å². The summed E-state index contributed by atoms with van der Waals surface area (Å²) in [7, 11) is 0. The number of rotatable bonds is 5. The highest BCUT2D eigenvalue weighted by Crippen LogP contribution is 2.42. The molecule has 0 amide bonds. The van der Waals surface area contributed by atoms with E-state index in [0.717, 1.165) is 6.08 Å². The summed E-state index contributed by atoms with van der Waals surface area (Å²) in [5, 5.41) is 20.4. The molecule has 1 fully saturated rings. The minimum atomic E-state index is -1.28. The van der Waals surface area contributed by atoms with Crippen molar-refractivity contribution in [3.8, 4) is 0 Å². The van der Waals surface area contributed by atoms with Gasteiger partial charge in [-0.3, -0.25) is 4.79 Å². The zero-order chi connectivity index (χ0) is 17.7. The lowest BCUT2D eigenvalue weighted by atomic mass is 9.72. The molecule has 2 rings (SSSR count). The van der Waals surface area contributed by atoms with Gasteiger partial charge in [-0.2, -0.15) is 0 Å². The number of benzene rings is 1. The van der Waals surface area contributed by atoms with Crippen LogP contribution in [0.5, 0.6) is 0 Å². The molecule has 0 aromatic heterocycles. The Morgan fingerprint density at radius 1 is 1.33 bits per heavy atom. The molecule has 24 heavy (non-hydrogen) atoms. The Labute approximate surface area is 144 Å². The molecule has 0 radical (unpaired) electrons. The third-order valence-corrected chi connectivity index (χ3v) is 4.38. The Morgan fingerprint density at radius 3 is 2.58 bits per heavy atom. The minimum absolute atomic E-state index is 0.168. The van der Waals surface area contributed by atoms with Crippen LogP contribution in [-0.4, -0.2) is 42.0 Å². The number of ether oxygens (including phenoxy) is 2. The fourth-order valence-electron chi connectivity index (χ4n) is 2.89. The number of hydrogen-bond acceptors (Lipinski definition) is 5. The lowest BCUT2D eigenvalue weighted by Crippen LogP contribution is -2.42. The number of carbonyl (C=O) groups is 2. The maximum absolute atomic E-state index is 12.0. The van der Waals surface area contributed by atoms with E-state index in [1.54, 1.807) is 19.1 Å². The van der Waals surface area contributed by atoms with Crippen molar-refractivity contribution in [1.29, 1.82) is 0 Å². The molecule has 0 bridgehead atoms. The van der Waals surface area contributed by atoms with Gasteiger partial charge < -0.3 is 19.7 Å². The average molecular weight is 355 g/mol. The SMILES string of the molecule is CCOC(=O)/C=C(/O)c1cccc(Cl)c1C1(C(=O)O)CCOCC1. The van der Waals surface area contributed by atoms with E-state index in [1.165, 1.54) is 6.07 Å². The minimum Gasteiger partial charge on any atom is -0.507 e. The molecule has 1 aliphatic heterocycles. The zero-order valence-corrected chi connectivity index (χ0v) is 14.0. The van der Waals surface area contributed by atoms with Crippen LogP contribution in [0.3, 0.4) is 0 Å². The van der Waals surface area contributed by atoms with Gasteiger partial charge in [0.1, 0.15) is 5.76 Å². The average Bonchev–Trinajstić information content (AvgIpc) is 2.55. The number of aliphatic carboxylic acids is 1. The number of halogens is 1. The Morgan fingerprint density at radius 2 is 2.00 bits per heavy atom. The molecule has 1 saturated heterocycles. The summed E-state index contributed by atoms with van der Waals surface area (Å²) >= 11 is 6.28. The van der Waals surface area contributed by atoms with E-state index in [2.05, 4.69) is 0 Å². The van der Waals surface area contributed by atoms with Crippen LogP contribution in [-0.2, 0) is 24.5 Å². The van der Waals surface area contributed by atoms with Crippen LogP contribution in [0.15, 0.2) is 24.3 Å². The van der Waals surface area contributed by atoms with Crippen LogP contribution < -0.4 is 0 Å². The first-order chi connectivity index (χ1) is 11.4. The highest BCUT2D eigenvalue weighted by atomic mass is 35.5. The Kier molecular flexibility index (Phi) is 5.85. The Balaban J connectivity index is 2.58. The van der Waals surface area contributed by atoms with Gasteiger partial charge in [0.15, 0.2) is 0 Å². The quantitative estimate of drug-likeness (QED) is 0.479. The highest BCUT2D eigenvalue weighted by molar-refractivity contribution is 6.32. The van der Waals surface area contributed by atoms with Gasteiger partial charge in [0.2, 0.25) is 0 Å². The molecule has 0 aliphatic carbocycles. The van der Waals surface area contributed by atoms with Gasteiger partial charge in [-0.05, 0) is 31.4 Å². The predicted octanol–water partition coefficient (Wildman–Crippen LogP) is 2.93. The summed E-state index contributed by atoms with van der Waals surface area (Å²) in [6.45, 7) is 2.37. The molecule has 1 aliphatic rings. The maximum Gasteiger partial charge on any atom is 0.334 e. The molecule has 7 heteroatoms. The fourth-order valence-corrected chi connectivity index (χ4v) is 3.24. The monoisotopic (exact) mass is 354 g/mol. The normalized spacial score (nSPS) is 17.3. The van der Waals surface area contributed by atoms with Gasteiger partial charge in [-0.15, -0.1) is 0 Å². The highest BCUT2D eigenvalue weighted by Gasteiger charge is 2.45. The number of carboxylic acid groups (broad SMARTS) is 1. The van der Waals surface area contributed by atoms with Gasteiger partial charge in [0, 0.05) is 23.8 Å². The number of aliphatic hydroxyl groups is 1. The zero-order valence-electron chi connectivity index (χ0n) is 13.3. The van der Waals surface area contributed by atoms with Gasteiger partial charge in [0.05, 0.1) is 18.1 Å². The largest absolute Gasteiger partial charge is 0.507 e. The summed E-state index contributed by atoms with van der Waals surface area (Å²) in [5.74, 6) is -2.13. The van der Waals surface area contributed by atoms with E-state index < -0.39 is 17.4 Å². The molecule has 1 heterocycles. The van der Waals surface area contributed by atoms with Crippen molar-refractivity contribution in [3.63, 3.8) is 0 Å². The molecule has 130 valence electrons. The molecule has 0 unspecified atom stereocenters. The van der Waals surface area contributed by atoms with E-state index in [1.807, 2.05) is 0 Å². The van der Waals surface area contributed by atoms with Crippen LogP contribution in [0.25, 0.3) is 5.76 Å². The number of esters is 1. The molecule has 1 aromatic carbocycles. The number of hydrogen-bond donors (Lipinski definition) is 2. The van der Waals surface area contributed by atoms with Gasteiger partial charge in [-0.25, -0.2) is 4.79 Å². The van der Waals surface area contributed by atoms with Crippen molar-refractivity contribution in [3.05, 3.63) is 40.4 Å². The molecule has 1 aromatic rings. The number of carboxylic acids is 1. The van der Waals surface area contributed by atoms with Gasteiger partial charge >= 0.3 is 11.9 Å². The smallest absolute Gasteiger partial charge is 0.334 e. The second-order valence-corrected chi connectivity index (χ2v) is 5.85. The second kappa shape index (κ2) is 7.68. The van der Waals surface area contributed by atoms with E-state index in [9.17, 15) is 19.8 Å². The lowest BCUT2D eigenvalue weighted by molar-refractivity contribution is -0.147. The summed E-state index contributed by atoms with van der Waals surface area (Å²) in [4.78, 5) is 23.6. The second-order valence-electron chi connectivity index (χ2n) is 5.44. The molecule has 2 N–H and O–H groups in total. The van der Waals surface area contributed by atoms with Crippen molar-refractivity contribution in [1.82, 2.24) is 0 Å². The standard InChI is InChI=1S/C17H19ClO6/c1-2-24-14(20)10-13(19)11-4-3-5-12(18)15(11)17(16(21)22)6-8-23-9-7-17/h3-5,10,19H,2,6-9H2,1H3,(H,21,22)/b13-10+. The van der Waals surface area contributed by atoms with Crippen molar-refractivity contribution in [2.75, 3.05) is 19.8 Å². The van der Waals surface area contributed by atoms with Crippen molar-refractivity contribution in [2.45, 2.75) is 25.2 Å². The summed E-state index contributed by atoms with van der Waals surface area (Å²) < 4.78 is 10.1. The maximum atomic E-state index is 12.0. The third kappa shape index (κ3) is 3.55. The van der Waals surface area contributed by atoms with E-state index in [-0.39, 0.29) is 49.0 Å². The van der Waals surface area contributed by atoms with Crippen LogP contribution in [0.1, 0.15) is 30.9 Å². The van der Waals surface area contributed by atoms with Crippen LogP contribution in [0.4, 0.5) is 0 Å². The van der Waals surface area contributed by atoms with E-state index >= 15 is 0 Å². The molecular formula is C17H19ClO6.